The number of nitrogens with one attached hydrogen (secondary N) is 1. The number of benzene rings is 2. The number of amides is 2. The summed E-state index contributed by atoms with van der Waals surface area (Å²) in [5, 5.41) is 3.44. The smallest absolute Gasteiger partial charge is 0.255 e. The molecule has 2 aromatic carbocycles. The van der Waals surface area contributed by atoms with E-state index in [4.69, 9.17) is 11.6 Å². The number of halogens is 1. The summed E-state index contributed by atoms with van der Waals surface area (Å²) in [5.74, 6) is 0.433. The molecule has 0 aliphatic heterocycles. The van der Waals surface area contributed by atoms with Crippen LogP contribution in [0.2, 0.25) is 5.02 Å². The molecule has 2 aromatic rings. The molecule has 0 saturated heterocycles. The fourth-order valence-corrected chi connectivity index (χ4v) is 3.76. The van der Waals surface area contributed by atoms with Crippen LogP contribution in [0.4, 0.5) is 11.4 Å². The monoisotopic (exact) mass is 457 g/mol. The van der Waals surface area contributed by atoms with Crippen molar-refractivity contribution >= 4 is 34.8 Å². The maximum atomic E-state index is 13.5. The van der Waals surface area contributed by atoms with Crippen LogP contribution in [-0.4, -0.2) is 36.9 Å². The van der Waals surface area contributed by atoms with Gasteiger partial charge < -0.3 is 15.1 Å². The van der Waals surface area contributed by atoms with E-state index in [-0.39, 0.29) is 29.7 Å². The van der Waals surface area contributed by atoms with E-state index in [1.807, 2.05) is 68.1 Å². The van der Waals surface area contributed by atoms with E-state index in [1.165, 1.54) is 0 Å². The Labute approximate surface area is 197 Å². The number of carbonyl (C=O) groups excluding carboxylic acids is 2. The summed E-state index contributed by atoms with van der Waals surface area (Å²) in [4.78, 5) is 29.7. The Hall–Kier alpha value is -2.53. The van der Waals surface area contributed by atoms with Gasteiger partial charge >= 0.3 is 0 Å². The van der Waals surface area contributed by atoms with E-state index in [0.29, 0.717) is 23.6 Å². The molecule has 0 aromatic heterocycles. The Bertz CT molecular complexity index is 940. The molecular weight excluding hydrogens is 422 g/mol. The van der Waals surface area contributed by atoms with Gasteiger partial charge in [-0.3, -0.25) is 9.59 Å². The van der Waals surface area contributed by atoms with Crippen molar-refractivity contribution in [2.24, 2.45) is 11.8 Å². The fraction of sp³-hybridized carbons (Fsp3) is 0.462. The lowest BCUT2D eigenvalue weighted by Crippen LogP contribution is -2.41. The molecule has 0 aliphatic rings. The molecule has 6 heteroatoms. The molecule has 2 rings (SSSR count). The average Bonchev–Trinajstić information content (AvgIpc) is 2.70. The predicted octanol–water partition coefficient (Wildman–Crippen LogP) is 6.08. The lowest BCUT2D eigenvalue weighted by molar-refractivity contribution is -0.116. The van der Waals surface area contributed by atoms with Gasteiger partial charge in [-0.2, -0.15) is 0 Å². The Morgan fingerprint density at radius 1 is 1.00 bits per heavy atom. The predicted molar refractivity (Wildman–Crippen MR) is 134 cm³/mol. The van der Waals surface area contributed by atoms with E-state index in [2.05, 4.69) is 26.1 Å². The molecule has 0 radical (unpaired) electrons. The van der Waals surface area contributed by atoms with Crippen LogP contribution in [0.1, 0.15) is 57.0 Å². The first-order valence-electron chi connectivity index (χ1n) is 11.2. The van der Waals surface area contributed by atoms with Crippen LogP contribution < -0.4 is 10.2 Å². The first-order chi connectivity index (χ1) is 15.0. The first-order valence-corrected chi connectivity index (χ1v) is 11.5. The van der Waals surface area contributed by atoms with Gasteiger partial charge in [-0.1, -0.05) is 51.4 Å². The zero-order valence-electron chi connectivity index (χ0n) is 20.3. The summed E-state index contributed by atoms with van der Waals surface area (Å²) in [7, 11) is 3.95. The van der Waals surface area contributed by atoms with Crippen LogP contribution in [0.3, 0.4) is 0 Å². The van der Waals surface area contributed by atoms with E-state index < -0.39 is 0 Å². The number of anilines is 2. The van der Waals surface area contributed by atoms with Crippen LogP contribution >= 0.6 is 11.6 Å². The minimum Gasteiger partial charge on any atom is -0.377 e. The topological polar surface area (TPSA) is 52.7 Å². The van der Waals surface area contributed by atoms with Crippen molar-refractivity contribution in [3.8, 4) is 0 Å². The number of hydrogen-bond donors (Lipinski definition) is 1. The van der Waals surface area contributed by atoms with Gasteiger partial charge in [-0.15, -0.1) is 0 Å². The third kappa shape index (κ3) is 6.73. The third-order valence-corrected chi connectivity index (χ3v) is 5.93. The molecule has 174 valence electrons. The van der Waals surface area contributed by atoms with Gasteiger partial charge in [-0.25, -0.2) is 0 Å². The maximum absolute atomic E-state index is 13.5. The van der Waals surface area contributed by atoms with Crippen molar-refractivity contribution < 1.29 is 9.59 Å². The molecule has 0 spiro atoms. The average molecular weight is 458 g/mol. The van der Waals surface area contributed by atoms with Crippen LogP contribution in [0, 0.1) is 11.8 Å². The van der Waals surface area contributed by atoms with Gasteiger partial charge in [0.05, 0.1) is 10.6 Å². The summed E-state index contributed by atoms with van der Waals surface area (Å²) in [5.41, 5.74) is 3.19. The Kier molecular flexibility index (Phi) is 9.14. The molecule has 2 amide bonds. The Morgan fingerprint density at radius 2 is 1.66 bits per heavy atom. The molecule has 32 heavy (non-hydrogen) atoms. The van der Waals surface area contributed by atoms with Crippen LogP contribution in [-0.2, 0) is 11.3 Å². The van der Waals surface area contributed by atoms with Crippen molar-refractivity contribution in [2.45, 2.75) is 53.6 Å². The zero-order chi connectivity index (χ0) is 24.0. The fourth-order valence-electron chi connectivity index (χ4n) is 3.54. The van der Waals surface area contributed by atoms with Gasteiger partial charge in [0.15, 0.2) is 0 Å². The second-order valence-electron chi connectivity index (χ2n) is 9.28. The number of hydrogen-bond acceptors (Lipinski definition) is 3. The van der Waals surface area contributed by atoms with Crippen molar-refractivity contribution in [1.82, 2.24) is 4.90 Å². The summed E-state index contributed by atoms with van der Waals surface area (Å²) in [6.45, 7) is 10.7. The quantitative estimate of drug-likeness (QED) is 0.496. The molecule has 0 heterocycles. The lowest BCUT2D eigenvalue weighted by atomic mass is 10.0. The molecular formula is C26H36ClN3O2. The highest BCUT2D eigenvalue weighted by Gasteiger charge is 2.26. The van der Waals surface area contributed by atoms with E-state index in [0.717, 1.165) is 16.9 Å². The molecule has 1 atom stereocenters. The second-order valence-corrected chi connectivity index (χ2v) is 9.69. The van der Waals surface area contributed by atoms with E-state index in [9.17, 15) is 9.59 Å². The SMILES string of the molecule is CC(C)CC(=O)Nc1ccc(N(C)C)c(CN(C(=O)c2ccccc2Cl)[C@@H](C)C(C)C)c1. The van der Waals surface area contributed by atoms with Crippen molar-refractivity contribution in [2.75, 3.05) is 24.3 Å². The molecule has 0 bridgehead atoms. The van der Waals surface area contributed by atoms with E-state index >= 15 is 0 Å². The van der Waals surface area contributed by atoms with Crippen LogP contribution in [0.15, 0.2) is 42.5 Å². The van der Waals surface area contributed by atoms with Crippen molar-refractivity contribution in [3.63, 3.8) is 0 Å². The minimum absolute atomic E-state index is 0.00651. The summed E-state index contributed by atoms with van der Waals surface area (Å²) in [6.07, 6.45) is 0.465. The Morgan fingerprint density at radius 3 is 2.22 bits per heavy atom. The van der Waals surface area contributed by atoms with Gasteiger partial charge in [0.1, 0.15) is 0 Å². The van der Waals surface area contributed by atoms with Gasteiger partial charge in [0.2, 0.25) is 5.91 Å². The van der Waals surface area contributed by atoms with Gasteiger partial charge in [0.25, 0.3) is 5.91 Å². The number of rotatable bonds is 9. The zero-order valence-corrected chi connectivity index (χ0v) is 21.0. The number of carbonyl (C=O) groups is 2. The number of nitrogens with zero attached hydrogens (tertiary/aromatic N) is 2. The molecule has 0 saturated carbocycles. The highest BCUT2D eigenvalue weighted by Crippen LogP contribution is 2.28. The van der Waals surface area contributed by atoms with Crippen LogP contribution in [0.25, 0.3) is 0 Å². The van der Waals surface area contributed by atoms with Crippen molar-refractivity contribution in [1.29, 1.82) is 0 Å². The normalized spacial score (nSPS) is 12.1. The van der Waals surface area contributed by atoms with Crippen LogP contribution in [0.5, 0.6) is 0 Å². The minimum atomic E-state index is -0.101. The summed E-state index contributed by atoms with van der Waals surface area (Å²) in [6, 6.07) is 13.0. The highest BCUT2D eigenvalue weighted by atomic mass is 35.5. The van der Waals surface area contributed by atoms with Crippen molar-refractivity contribution in [3.05, 3.63) is 58.6 Å². The lowest BCUT2D eigenvalue weighted by Gasteiger charge is -2.33. The van der Waals surface area contributed by atoms with E-state index in [1.54, 1.807) is 12.1 Å². The largest absolute Gasteiger partial charge is 0.377 e. The first kappa shape index (κ1) is 25.7. The van der Waals surface area contributed by atoms with Gasteiger partial charge in [0, 0.05) is 44.5 Å². The molecule has 0 unspecified atom stereocenters. The maximum Gasteiger partial charge on any atom is 0.255 e. The molecule has 0 fully saturated rings. The highest BCUT2D eigenvalue weighted by molar-refractivity contribution is 6.33. The third-order valence-electron chi connectivity index (χ3n) is 5.60. The summed E-state index contributed by atoms with van der Waals surface area (Å²) >= 11 is 6.35. The van der Waals surface area contributed by atoms with Gasteiger partial charge in [-0.05, 0) is 54.7 Å². The molecule has 1 N–H and O–H groups in total. The second kappa shape index (κ2) is 11.4. The molecule has 0 aliphatic carbocycles. The molecule has 5 nitrogen and oxygen atoms in total. The standard InChI is InChI=1S/C26H36ClN3O2/c1-17(2)14-25(31)28-21-12-13-24(29(6)7)20(15-21)16-30(19(5)18(3)4)26(32)22-10-8-9-11-23(22)27/h8-13,15,17-19H,14,16H2,1-7H3,(H,28,31)/t19-/m0/s1. The Balaban J connectivity index is 2.44. The summed E-state index contributed by atoms with van der Waals surface area (Å²) < 4.78 is 0.